The number of anilines is 1. The van der Waals surface area contributed by atoms with Gasteiger partial charge in [0.2, 0.25) is 0 Å². The molecule has 2 rings (SSSR count). The normalized spacial score (nSPS) is 11.6. The van der Waals surface area contributed by atoms with Gasteiger partial charge in [0.05, 0.1) is 5.69 Å². The van der Waals surface area contributed by atoms with Gasteiger partial charge in [0, 0.05) is 17.6 Å². The van der Waals surface area contributed by atoms with Crippen LogP contribution in [0.5, 0.6) is 0 Å². The quantitative estimate of drug-likeness (QED) is 0.769. The zero-order chi connectivity index (χ0) is 16.2. The summed E-state index contributed by atoms with van der Waals surface area (Å²) in [5.74, 6) is 0. The van der Waals surface area contributed by atoms with Crippen LogP contribution in [0.3, 0.4) is 0 Å². The summed E-state index contributed by atoms with van der Waals surface area (Å²) in [6, 6.07) is 16.1. The zero-order valence-electron chi connectivity index (χ0n) is 12.6. The van der Waals surface area contributed by atoms with Crippen molar-refractivity contribution in [2.75, 3.05) is 31.5 Å². The van der Waals surface area contributed by atoms with E-state index >= 15 is 0 Å². The van der Waals surface area contributed by atoms with E-state index in [2.05, 4.69) is 15.9 Å². The molecule has 0 aliphatic heterocycles. The van der Waals surface area contributed by atoms with Crippen LogP contribution in [-0.2, 0) is 10.0 Å². The molecule has 0 aliphatic rings. The van der Waals surface area contributed by atoms with Crippen molar-refractivity contribution < 1.29 is 8.42 Å². The number of likely N-dealkylation sites (N-methyl/N-ethyl adjacent to an activating group) is 1. The second-order valence-electron chi connectivity index (χ2n) is 5.15. The fourth-order valence-corrected chi connectivity index (χ4v) is 4.47. The van der Waals surface area contributed by atoms with Gasteiger partial charge in [0.15, 0.2) is 0 Å². The van der Waals surface area contributed by atoms with E-state index in [-0.39, 0.29) is 4.90 Å². The maximum absolute atomic E-state index is 13.0. The van der Waals surface area contributed by atoms with Crippen molar-refractivity contribution in [3.8, 4) is 0 Å². The molecule has 4 nitrogen and oxygen atoms in total. The van der Waals surface area contributed by atoms with E-state index in [1.807, 2.05) is 49.3 Å². The van der Waals surface area contributed by atoms with Gasteiger partial charge in [-0.1, -0.05) is 30.3 Å². The molecule has 0 N–H and O–H groups in total. The molecule has 2 aromatic carbocycles. The number of rotatable bonds is 6. The van der Waals surface area contributed by atoms with Crippen LogP contribution in [0.4, 0.5) is 5.69 Å². The van der Waals surface area contributed by atoms with Crippen LogP contribution in [0.15, 0.2) is 64.0 Å². The van der Waals surface area contributed by atoms with Crippen molar-refractivity contribution in [2.45, 2.75) is 4.90 Å². The van der Waals surface area contributed by atoms with Gasteiger partial charge in [-0.3, -0.25) is 4.31 Å². The first-order chi connectivity index (χ1) is 10.4. The van der Waals surface area contributed by atoms with Gasteiger partial charge in [-0.15, -0.1) is 0 Å². The topological polar surface area (TPSA) is 40.6 Å². The number of hydrogen-bond donors (Lipinski definition) is 0. The Labute approximate surface area is 140 Å². The Hall–Kier alpha value is -1.37. The fourth-order valence-electron chi connectivity index (χ4n) is 2.05. The van der Waals surface area contributed by atoms with E-state index in [9.17, 15) is 8.42 Å². The third kappa shape index (κ3) is 3.88. The maximum atomic E-state index is 13.0. The van der Waals surface area contributed by atoms with Crippen LogP contribution in [0, 0.1) is 0 Å². The average molecular weight is 383 g/mol. The minimum Gasteiger partial charge on any atom is -0.308 e. The van der Waals surface area contributed by atoms with E-state index in [1.54, 1.807) is 24.3 Å². The molecule has 0 radical (unpaired) electrons. The molecule has 118 valence electrons. The Morgan fingerprint density at radius 2 is 1.50 bits per heavy atom. The van der Waals surface area contributed by atoms with Gasteiger partial charge in [-0.05, 0) is 54.3 Å². The lowest BCUT2D eigenvalue weighted by Gasteiger charge is -2.26. The summed E-state index contributed by atoms with van der Waals surface area (Å²) in [5.41, 5.74) is 0.667. The van der Waals surface area contributed by atoms with Crippen molar-refractivity contribution in [1.82, 2.24) is 4.90 Å². The summed E-state index contributed by atoms with van der Waals surface area (Å²) in [7, 11) is 0.229. The Balaban J connectivity index is 2.46. The highest BCUT2D eigenvalue weighted by molar-refractivity contribution is 9.10. The van der Waals surface area contributed by atoms with E-state index in [0.717, 1.165) is 0 Å². The Kier molecular flexibility index (Phi) is 5.61. The summed E-state index contributed by atoms with van der Waals surface area (Å²) in [6.07, 6.45) is 0. The molecular formula is C16H19BrN2O2S. The summed E-state index contributed by atoms with van der Waals surface area (Å²) in [6.45, 7) is 1.03. The highest BCUT2D eigenvalue weighted by atomic mass is 79.9. The van der Waals surface area contributed by atoms with Crippen molar-refractivity contribution in [3.05, 3.63) is 59.1 Å². The van der Waals surface area contributed by atoms with Gasteiger partial charge in [-0.2, -0.15) is 0 Å². The second kappa shape index (κ2) is 7.26. The Morgan fingerprint density at radius 1 is 0.909 bits per heavy atom. The van der Waals surface area contributed by atoms with Crippen molar-refractivity contribution in [2.24, 2.45) is 0 Å². The summed E-state index contributed by atoms with van der Waals surface area (Å²) in [5, 5.41) is 0. The van der Waals surface area contributed by atoms with Crippen LogP contribution in [0.1, 0.15) is 0 Å². The molecule has 6 heteroatoms. The molecule has 0 saturated carbocycles. The highest BCUT2D eigenvalue weighted by Gasteiger charge is 2.26. The van der Waals surface area contributed by atoms with E-state index < -0.39 is 10.0 Å². The minimum absolute atomic E-state index is 0.276. The lowest BCUT2D eigenvalue weighted by molar-refractivity contribution is 0.419. The van der Waals surface area contributed by atoms with Crippen molar-refractivity contribution in [1.29, 1.82) is 0 Å². The van der Waals surface area contributed by atoms with Gasteiger partial charge in [-0.25, -0.2) is 8.42 Å². The standard InChI is InChI=1S/C16H19BrN2O2S/c1-18(2)12-13-19(14-8-4-3-5-9-14)22(20,21)16-11-7-6-10-15(16)17/h3-11H,12-13H2,1-2H3. The Bertz CT molecular complexity index is 718. The first-order valence-corrected chi connectivity index (χ1v) is 9.13. The van der Waals surface area contributed by atoms with Crippen LogP contribution < -0.4 is 4.31 Å². The second-order valence-corrected chi connectivity index (χ2v) is 7.83. The third-order valence-electron chi connectivity index (χ3n) is 3.20. The summed E-state index contributed by atoms with van der Waals surface area (Å²) < 4.78 is 28.1. The number of sulfonamides is 1. The Morgan fingerprint density at radius 3 is 2.09 bits per heavy atom. The molecular weight excluding hydrogens is 364 g/mol. The predicted molar refractivity (Wildman–Crippen MR) is 93.7 cm³/mol. The molecule has 0 spiro atoms. The van der Waals surface area contributed by atoms with E-state index in [4.69, 9.17) is 0 Å². The number of hydrogen-bond acceptors (Lipinski definition) is 3. The number of para-hydroxylation sites is 1. The lowest BCUT2D eigenvalue weighted by atomic mass is 10.3. The molecule has 22 heavy (non-hydrogen) atoms. The lowest BCUT2D eigenvalue weighted by Crippen LogP contribution is -2.36. The number of benzene rings is 2. The summed E-state index contributed by atoms with van der Waals surface area (Å²) >= 11 is 3.34. The largest absolute Gasteiger partial charge is 0.308 e. The van der Waals surface area contributed by atoms with Crippen molar-refractivity contribution in [3.63, 3.8) is 0 Å². The first kappa shape index (κ1) is 17.0. The van der Waals surface area contributed by atoms with Gasteiger partial charge < -0.3 is 4.90 Å². The fraction of sp³-hybridized carbons (Fsp3) is 0.250. The zero-order valence-corrected chi connectivity index (χ0v) is 15.0. The van der Waals surface area contributed by atoms with Crippen LogP contribution in [-0.4, -0.2) is 40.5 Å². The third-order valence-corrected chi connectivity index (χ3v) is 6.04. The molecule has 0 saturated heterocycles. The van der Waals surface area contributed by atoms with Gasteiger partial charge in [0.1, 0.15) is 4.90 Å². The van der Waals surface area contributed by atoms with E-state index in [0.29, 0.717) is 23.2 Å². The highest BCUT2D eigenvalue weighted by Crippen LogP contribution is 2.28. The summed E-state index contributed by atoms with van der Waals surface area (Å²) in [4.78, 5) is 2.24. The minimum atomic E-state index is -3.62. The molecule has 0 atom stereocenters. The molecule has 0 bridgehead atoms. The smallest absolute Gasteiger partial charge is 0.265 e. The first-order valence-electron chi connectivity index (χ1n) is 6.90. The molecule has 0 aliphatic carbocycles. The number of nitrogens with zero attached hydrogens (tertiary/aromatic N) is 2. The SMILES string of the molecule is CN(C)CCN(c1ccccc1)S(=O)(=O)c1ccccc1Br. The molecule has 0 aromatic heterocycles. The predicted octanol–water partition coefficient (Wildman–Crippen LogP) is 3.21. The van der Waals surface area contributed by atoms with E-state index in [1.165, 1.54) is 4.31 Å². The number of halogens is 1. The molecule has 0 amide bonds. The molecule has 0 fully saturated rings. The molecule has 0 heterocycles. The molecule has 2 aromatic rings. The monoisotopic (exact) mass is 382 g/mol. The van der Waals surface area contributed by atoms with Crippen LogP contribution in [0.25, 0.3) is 0 Å². The average Bonchev–Trinajstić information content (AvgIpc) is 2.48. The van der Waals surface area contributed by atoms with Gasteiger partial charge in [0.25, 0.3) is 10.0 Å². The van der Waals surface area contributed by atoms with Crippen LogP contribution >= 0.6 is 15.9 Å². The van der Waals surface area contributed by atoms with Crippen LogP contribution in [0.2, 0.25) is 0 Å². The van der Waals surface area contributed by atoms with Gasteiger partial charge >= 0.3 is 0 Å². The van der Waals surface area contributed by atoms with Crippen molar-refractivity contribution >= 4 is 31.6 Å². The maximum Gasteiger partial charge on any atom is 0.265 e. The molecule has 0 unspecified atom stereocenters.